The van der Waals surface area contributed by atoms with E-state index in [1.54, 1.807) is 31.2 Å². The van der Waals surface area contributed by atoms with Crippen molar-refractivity contribution in [2.75, 3.05) is 0 Å². The van der Waals surface area contributed by atoms with Gasteiger partial charge in [0.05, 0.1) is 5.92 Å². The average molecular weight is 415 g/mol. The molecule has 5 atom stereocenters. The van der Waals surface area contributed by atoms with Crippen LogP contribution in [-0.2, 0) is 15.0 Å². The first-order valence-corrected chi connectivity index (χ1v) is 10.8. The summed E-state index contributed by atoms with van der Waals surface area (Å²) in [6.07, 6.45) is 3.96. The third-order valence-electron chi connectivity index (χ3n) is 7.52. The number of aromatic hydroxyl groups is 1. The average Bonchev–Trinajstić information content (AvgIpc) is 3.07. The number of carbonyl (C=O) groups excluding carboxylic acids is 2. The van der Waals surface area contributed by atoms with Crippen LogP contribution >= 0.6 is 0 Å². The van der Waals surface area contributed by atoms with E-state index in [0.29, 0.717) is 5.57 Å². The molecule has 0 aliphatic heterocycles. The SMILES string of the molecule is CC(C)C1=C[C@H]2[C@H]3C(=O)C(c4ccccc4)=C[C@@]3(c3ccc(O)cc3)[C@@H]1C(=O)[C@]2(C)O. The lowest BCUT2D eigenvalue weighted by Gasteiger charge is -2.57. The number of phenols is 1. The second-order valence-corrected chi connectivity index (χ2v) is 9.54. The predicted octanol–water partition coefficient (Wildman–Crippen LogP) is 4.07. The normalized spacial score (nSPS) is 34.0. The second kappa shape index (κ2) is 6.51. The Morgan fingerprint density at radius 1 is 0.968 bits per heavy atom. The molecule has 2 aromatic rings. The molecule has 0 spiro atoms. The molecule has 6 rings (SSSR count). The summed E-state index contributed by atoms with van der Waals surface area (Å²) in [5.74, 6) is -1.85. The van der Waals surface area contributed by atoms with E-state index < -0.39 is 28.8 Å². The van der Waals surface area contributed by atoms with Crippen molar-refractivity contribution in [3.05, 3.63) is 83.4 Å². The highest BCUT2D eigenvalue weighted by atomic mass is 16.3. The quantitative estimate of drug-likeness (QED) is 0.743. The summed E-state index contributed by atoms with van der Waals surface area (Å²) in [6, 6.07) is 16.3. The molecule has 0 radical (unpaired) electrons. The van der Waals surface area contributed by atoms with Crippen LogP contribution in [-0.4, -0.2) is 27.4 Å². The van der Waals surface area contributed by atoms with E-state index in [4.69, 9.17) is 0 Å². The topological polar surface area (TPSA) is 74.6 Å². The van der Waals surface area contributed by atoms with Crippen LogP contribution in [0.15, 0.2) is 72.3 Å². The molecule has 4 nitrogen and oxygen atoms in total. The fourth-order valence-corrected chi connectivity index (χ4v) is 6.04. The van der Waals surface area contributed by atoms with Crippen molar-refractivity contribution in [1.29, 1.82) is 0 Å². The molecule has 0 aromatic heterocycles. The number of hydrogen-bond donors (Lipinski definition) is 2. The van der Waals surface area contributed by atoms with Crippen LogP contribution in [0.25, 0.3) is 5.57 Å². The summed E-state index contributed by atoms with van der Waals surface area (Å²) in [5.41, 5.74) is 0.733. The Hall–Kier alpha value is -2.98. The second-order valence-electron chi connectivity index (χ2n) is 9.54. The molecule has 4 aliphatic carbocycles. The molecule has 1 fully saturated rings. The van der Waals surface area contributed by atoms with E-state index in [1.807, 2.05) is 56.3 Å². The van der Waals surface area contributed by atoms with E-state index >= 15 is 0 Å². The molecule has 0 amide bonds. The molecule has 0 saturated heterocycles. The van der Waals surface area contributed by atoms with Gasteiger partial charge in [-0.3, -0.25) is 9.59 Å². The zero-order valence-corrected chi connectivity index (χ0v) is 17.9. The fourth-order valence-electron chi connectivity index (χ4n) is 6.04. The Bertz CT molecular complexity index is 1140. The lowest BCUT2D eigenvalue weighted by Crippen LogP contribution is -2.66. The van der Waals surface area contributed by atoms with Crippen molar-refractivity contribution in [2.24, 2.45) is 23.7 Å². The monoisotopic (exact) mass is 414 g/mol. The summed E-state index contributed by atoms with van der Waals surface area (Å²) in [7, 11) is 0. The molecule has 31 heavy (non-hydrogen) atoms. The van der Waals surface area contributed by atoms with Gasteiger partial charge in [0.1, 0.15) is 11.4 Å². The van der Waals surface area contributed by atoms with Gasteiger partial charge in [0.25, 0.3) is 0 Å². The molecule has 158 valence electrons. The highest BCUT2D eigenvalue weighted by Crippen LogP contribution is 2.64. The van der Waals surface area contributed by atoms with E-state index in [9.17, 15) is 19.8 Å². The Labute approximate surface area is 181 Å². The van der Waals surface area contributed by atoms with Crippen LogP contribution in [0.4, 0.5) is 0 Å². The zero-order chi connectivity index (χ0) is 22.1. The first kappa shape index (κ1) is 20.0. The number of rotatable bonds is 3. The van der Waals surface area contributed by atoms with Gasteiger partial charge in [-0.05, 0) is 36.1 Å². The van der Waals surface area contributed by atoms with E-state index in [1.165, 1.54) is 0 Å². The Kier molecular flexibility index (Phi) is 4.19. The molecular formula is C27H26O4. The number of Topliss-reactive ketones (excluding diaryl/α,β-unsaturated/α-hetero) is 2. The summed E-state index contributed by atoms with van der Waals surface area (Å²) < 4.78 is 0. The number of benzene rings is 2. The fraction of sp³-hybridized carbons (Fsp3) is 0.333. The van der Waals surface area contributed by atoms with Gasteiger partial charge < -0.3 is 10.2 Å². The van der Waals surface area contributed by atoms with Crippen molar-refractivity contribution in [3.8, 4) is 5.75 Å². The van der Waals surface area contributed by atoms with Gasteiger partial charge in [0.15, 0.2) is 11.6 Å². The highest BCUT2D eigenvalue weighted by Gasteiger charge is 2.70. The molecule has 2 bridgehead atoms. The minimum atomic E-state index is -1.59. The standard InChI is InChI=1S/C27H26O4/c1-15(2)19-13-21-23-24(29)20(16-7-5-4-6-8-16)14-27(23,17-9-11-18(28)12-10-17)22(19)25(30)26(21,3)31/h4-15,21-23,28,31H,1-3H3/t21-,22-,23-,26+,27+/m0/s1. The summed E-state index contributed by atoms with van der Waals surface area (Å²) in [4.78, 5) is 27.6. The van der Waals surface area contributed by atoms with Crippen LogP contribution < -0.4 is 0 Å². The maximum Gasteiger partial charge on any atom is 0.173 e. The minimum absolute atomic E-state index is 0.0406. The predicted molar refractivity (Wildman–Crippen MR) is 118 cm³/mol. The first-order valence-electron chi connectivity index (χ1n) is 10.8. The number of phenolic OH excluding ortho intramolecular Hbond substituents is 1. The van der Waals surface area contributed by atoms with Crippen molar-refractivity contribution in [2.45, 2.75) is 31.8 Å². The number of carbonyl (C=O) groups is 2. The summed E-state index contributed by atoms with van der Waals surface area (Å²) in [5, 5.41) is 21.1. The number of allylic oxidation sites excluding steroid dienone is 3. The van der Waals surface area contributed by atoms with Crippen molar-refractivity contribution in [3.63, 3.8) is 0 Å². The van der Waals surface area contributed by atoms with Crippen LogP contribution in [0.3, 0.4) is 0 Å². The smallest absolute Gasteiger partial charge is 0.173 e. The van der Waals surface area contributed by atoms with Gasteiger partial charge in [-0.15, -0.1) is 0 Å². The maximum absolute atomic E-state index is 13.9. The van der Waals surface area contributed by atoms with Crippen molar-refractivity contribution >= 4 is 17.1 Å². The van der Waals surface area contributed by atoms with E-state index in [0.717, 1.165) is 16.7 Å². The number of hydrogen-bond acceptors (Lipinski definition) is 4. The lowest BCUT2D eigenvalue weighted by molar-refractivity contribution is -0.161. The maximum atomic E-state index is 13.9. The largest absolute Gasteiger partial charge is 0.508 e. The van der Waals surface area contributed by atoms with Crippen LogP contribution in [0, 0.1) is 23.7 Å². The Morgan fingerprint density at radius 2 is 1.61 bits per heavy atom. The molecule has 4 aliphatic rings. The first-order chi connectivity index (χ1) is 14.7. The van der Waals surface area contributed by atoms with Gasteiger partial charge in [0.2, 0.25) is 0 Å². The van der Waals surface area contributed by atoms with Gasteiger partial charge in [-0.2, -0.15) is 0 Å². The summed E-state index contributed by atoms with van der Waals surface area (Å²) >= 11 is 0. The highest BCUT2D eigenvalue weighted by molar-refractivity contribution is 6.26. The molecule has 4 heteroatoms. The third-order valence-corrected chi connectivity index (χ3v) is 7.52. The van der Waals surface area contributed by atoms with Gasteiger partial charge in [-0.25, -0.2) is 0 Å². The number of fused-ring (bicyclic) bond motifs is 1. The lowest BCUT2D eigenvalue weighted by atomic mass is 9.44. The van der Waals surface area contributed by atoms with Gasteiger partial charge >= 0.3 is 0 Å². The van der Waals surface area contributed by atoms with Crippen LogP contribution in [0.1, 0.15) is 31.9 Å². The molecule has 0 unspecified atom stereocenters. The van der Waals surface area contributed by atoms with E-state index in [-0.39, 0.29) is 23.2 Å². The summed E-state index contributed by atoms with van der Waals surface area (Å²) in [6.45, 7) is 5.65. The molecule has 0 heterocycles. The number of aliphatic hydroxyl groups is 1. The van der Waals surface area contributed by atoms with Crippen LogP contribution in [0.5, 0.6) is 5.75 Å². The van der Waals surface area contributed by atoms with E-state index in [2.05, 4.69) is 0 Å². The number of ketones is 2. The molecular weight excluding hydrogens is 388 g/mol. The van der Waals surface area contributed by atoms with Crippen molar-refractivity contribution in [1.82, 2.24) is 0 Å². The minimum Gasteiger partial charge on any atom is -0.508 e. The molecule has 2 aromatic carbocycles. The molecule has 1 saturated carbocycles. The van der Waals surface area contributed by atoms with Gasteiger partial charge in [0, 0.05) is 22.8 Å². The van der Waals surface area contributed by atoms with Crippen LogP contribution in [0.2, 0.25) is 0 Å². The third kappa shape index (κ3) is 2.51. The van der Waals surface area contributed by atoms with Crippen molar-refractivity contribution < 1.29 is 19.8 Å². The zero-order valence-electron chi connectivity index (χ0n) is 17.9. The Morgan fingerprint density at radius 3 is 2.23 bits per heavy atom. The van der Waals surface area contributed by atoms with Gasteiger partial charge in [-0.1, -0.05) is 74.0 Å². The molecule has 2 N–H and O–H groups in total. The Balaban J connectivity index is 1.83.